The second kappa shape index (κ2) is 3.03. The highest BCUT2D eigenvalue weighted by atomic mass is 19.1. The Morgan fingerprint density at radius 3 is 2.93 bits per heavy atom. The van der Waals surface area contributed by atoms with E-state index in [1.165, 1.54) is 6.07 Å². The van der Waals surface area contributed by atoms with Crippen molar-refractivity contribution < 1.29 is 13.6 Å². The Morgan fingerprint density at radius 1 is 1.53 bits per heavy atom. The SMILES string of the molecule is [N-]=[N+]=NC1(F)Cc2ccc(F)cc2C1=O. The zero-order valence-electron chi connectivity index (χ0n) is 7.44. The highest BCUT2D eigenvalue weighted by Crippen LogP contribution is 2.34. The molecule has 4 nitrogen and oxygen atoms in total. The first-order chi connectivity index (χ1) is 7.07. The zero-order chi connectivity index (χ0) is 11.1. The topological polar surface area (TPSA) is 65.8 Å². The molecule has 1 atom stereocenters. The number of halogens is 2. The number of Topliss-reactive ketones (excluding diaryl/α,β-unsaturated/α-hetero) is 1. The van der Waals surface area contributed by atoms with Gasteiger partial charge in [0.1, 0.15) is 5.82 Å². The minimum absolute atomic E-state index is 0.0510. The van der Waals surface area contributed by atoms with Crippen LogP contribution in [-0.4, -0.2) is 11.6 Å². The van der Waals surface area contributed by atoms with Crippen LogP contribution in [0.1, 0.15) is 15.9 Å². The molecule has 0 spiro atoms. The molecule has 1 aromatic rings. The maximum atomic E-state index is 13.7. The van der Waals surface area contributed by atoms with E-state index in [0.29, 0.717) is 5.56 Å². The van der Waals surface area contributed by atoms with E-state index in [9.17, 15) is 13.6 Å². The zero-order valence-corrected chi connectivity index (χ0v) is 7.44. The number of fused-ring (bicyclic) bond motifs is 1. The van der Waals surface area contributed by atoms with E-state index in [4.69, 9.17) is 5.53 Å². The Kier molecular flexibility index (Phi) is 1.94. The molecule has 1 unspecified atom stereocenters. The van der Waals surface area contributed by atoms with E-state index in [-0.39, 0.29) is 12.0 Å². The van der Waals surface area contributed by atoms with Crippen LogP contribution < -0.4 is 0 Å². The predicted molar refractivity (Wildman–Crippen MR) is 47.4 cm³/mol. The first kappa shape index (κ1) is 9.61. The molecular weight excluding hydrogens is 204 g/mol. The number of carbonyl (C=O) groups excluding carboxylic acids is 1. The molecule has 0 N–H and O–H groups in total. The molecular formula is C9H5F2N3O. The quantitative estimate of drug-likeness (QED) is 0.303. The summed E-state index contributed by atoms with van der Waals surface area (Å²) in [4.78, 5) is 13.7. The molecule has 2 rings (SSSR count). The van der Waals surface area contributed by atoms with Gasteiger partial charge in [-0.2, -0.15) is 0 Å². The Labute approximate surface area is 83.1 Å². The standard InChI is InChI=1S/C9H5F2N3O/c10-6-2-1-5-4-9(11,13-14-12)8(15)7(5)3-6/h1-3H,4H2. The summed E-state index contributed by atoms with van der Waals surface area (Å²) in [5, 5.41) is 2.82. The largest absolute Gasteiger partial charge is 0.290 e. The van der Waals surface area contributed by atoms with E-state index in [1.807, 2.05) is 0 Å². The normalized spacial score (nSPS) is 23.5. The lowest BCUT2D eigenvalue weighted by Crippen LogP contribution is -2.26. The van der Waals surface area contributed by atoms with Crippen LogP contribution >= 0.6 is 0 Å². The molecule has 1 aliphatic carbocycles. The van der Waals surface area contributed by atoms with Crippen molar-refractivity contribution in [3.05, 3.63) is 45.6 Å². The van der Waals surface area contributed by atoms with E-state index in [1.54, 1.807) is 0 Å². The van der Waals surface area contributed by atoms with Crippen molar-refractivity contribution in [2.45, 2.75) is 12.2 Å². The first-order valence-corrected chi connectivity index (χ1v) is 4.15. The van der Waals surface area contributed by atoms with Crippen molar-refractivity contribution in [3.63, 3.8) is 0 Å². The van der Waals surface area contributed by atoms with Crippen molar-refractivity contribution in [1.29, 1.82) is 0 Å². The number of carbonyl (C=O) groups is 1. The molecule has 76 valence electrons. The van der Waals surface area contributed by atoms with Gasteiger partial charge in [-0.05, 0) is 28.3 Å². The molecule has 0 saturated heterocycles. The Bertz CT molecular complexity index is 496. The molecule has 0 heterocycles. The van der Waals surface area contributed by atoms with Gasteiger partial charge in [-0.3, -0.25) is 4.79 Å². The number of azide groups is 1. The highest BCUT2D eigenvalue weighted by molar-refractivity contribution is 6.06. The van der Waals surface area contributed by atoms with Gasteiger partial charge in [-0.25, -0.2) is 8.78 Å². The summed E-state index contributed by atoms with van der Waals surface area (Å²) in [5.41, 5.74) is 8.44. The summed E-state index contributed by atoms with van der Waals surface area (Å²) in [6, 6.07) is 3.40. The molecule has 0 saturated carbocycles. The minimum atomic E-state index is -2.59. The lowest BCUT2D eigenvalue weighted by molar-refractivity contribution is 0.0735. The Morgan fingerprint density at radius 2 is 2.27 bits per heavy atom. The summed E-state index contributed by atoms with van der Waals surface area (Å²) < 4.78 is 26.5. The van der Waals surface area contributed by atoms with E-state index in [0.717, 1.165) is 12.1 Å². The maximum absolute atomic E-state index is 13.7. The molecule has 0 fully saturated rings. The number of hydrogen-bond acceptors (Lipinski definition) is 2. The van der Waals surface area contributed by atoms with Crippen molar-refractivity contribution in [2.75, 3.05) is 0 Å². The number of ketones is 1. The number of rotatable bonds is 1. The lowest BCUT2D eigenvalue weighted by atomic mass is 10.1. The third kappa shape index (κ3) is 1.35. The van der Waals surface area contributed by atoms with Gasteiger partial charge >= 0.3 is 0 Å². The first-order valence-electron chi connectivity index (χ1n) is 4.15. The number of nitrogens with zero attached hydrogens (tertiary/aromatic N) is 3. The summed E-state index contributed by atoms with van der Waals surface area (Å²) in [5.74, 6) is -4.19. The number of benzene rings is 1. The van der Waals surface area contributed by atoms with Gasteiger partial charge < -0.3 is 0 Å². The van der Waals surface area contributed by atoms with Crippen molar-refractivity contribution in [1.82, 2.24) is 0 Å². The van der Waals surface area contributed by atoms with Gasteiger partial charge in [-0.15, -0.1) is 0 Å². The second-order valence-electron chi connectivity index (χ2n) is 3.26. The van der Waals surface area contributed by atoms with E-state index in [2.05, 4.69) is 10.0 Å². The highest BCUT2D eigenvalue weighted by Gasteiger charge is 2.45. The Hall–Kier alpha value is -1.94. The van der Waals surface area contributed by atoms with Crippen molar-refractivity contribution >= 4 is 5.78 Å². The molecule has 15 heavy (non-hydrogen) atoms. The van der Waals surface area contributed by atoms with Gasteiger partial charge in [-0.1, -0.05) is 6.07 Å². The van der Waals surface area contributed by atoms with Crippen LogP contribution in [0.2, 0.25) is 0 Å². The maximum Gasteiger partial charge on any atom is 0.255 e. The third-order valence-electron chi connectivity index (χ3n) is 2.29. The molecule has 6 heteroatoms. The van der Waals surface area contributed by atoms with E-state index < -0.39 is 17.4 Å². The second-order valence-corrected chi connectivity index (χ2v) is 3.26. The minimum Gasteiger partial charge on any atom is -0.290 e. The molecule has 1 aromatic carbocycles. The van der Waals surface area contributed by atoms with Crippen LogP contribution in [0.5, 0.6) is 0 Å². The van der Waals surface area contributed by atoms with Crippen molar-refractivity contribution in [2.24, 2.45) is 5.11 Å². The smallest absolute Gasteiger partial charge is 0.255 e. The molecule has 0 radical (unpaired) electrons. The summed E-state index contributed by atoms with van der Waals surface area (Å²) in [7, 11) is 0. The van der Waals surface area contributed by atoms with Gasteiger partial charge in [0.05, 0.1) is 0 Å². The molecule has 0 aromatic heterocycles. The predicted octanol–water partition coefficient (Wildman–Crippen LogP) is 2.54. The molecule has 0 amide bonds. The van der Waals surface area contributed by atoms with Gasteiger partial charge in [0.15, 0.2) is 0 Å². The number of alkyl halides is 1. The monoisotopic (exact) mass is 209 g/mol. The van der Waals surface area contributed by atoms with Crippen LogP contribution in [0.3, 0.4) is 0 Å². The summed E-state index contributed by atoms with van der Waals surface area (Å²) in [6.45, 7) is 0. The van der Waals surface area contributed by atoms with Crippen LogP contribution in [0.15, 0.2) is 23.3 Å². The van der Waals surface area contributed by atoms with E-state index >= 15 is 0 Å². The van der Waals surface area contributed by atoms with Gasteiger partial charge in [0.25, 0.3) is 5.79 Å². The molecule has 0 bridgehead atoms. The van der Waals surface area contributed by atoms with Crippen LogP contribution in [0, 0.1) is 5.82 Å². The molecule has 1 aliphatic rings. The van der Waals surface area contributed by atoms with Crippen LogP contribution in [-0.2, 0) is 6.42 Å². The lowest BCUT2D eigenvalue weighted by Gasteiger charge is -2.07. The average molecular weight is 209 g/mol. The van der Waals surface area contributed by atoms with Crippen LogP contribution in [0.25, 0.3) is 10.4 Å². The Balaban J connectivity index is 2.55. The van der Waals surface area contributed by atoms with Gasteiger partial charge in [0.2, 0.25) is 5.78 Å². The summed E-state index contributed by atoms with van der Waals surface area (Å²) in [6.07, 6.45) is -0.328. The fourth-order valence-electron chi connectivity index (χ4n) is 1.60. The van der Waals surface area contributed by atoms with Crippen LogP contribution in [0.4, 0.5) is 8.78 Å². The third-order valence-corrected chi connectivity index (χ3v) is 2.29. The number of hydrogen-bond donors (Lipinski definition) is 0. The molecule has 0 aliphatic heterocycles. The fraction of sp³-hybridized carbons (Fsp3) is 0.222. The van der Waals surface area contributed by atoms with Crippen molar-refractivity contribution in [3.8, 4) is 0 Å². The van der Waals surface area contributed by atoms with Gasteiger partial charge in [0, 0.05) is 16.9 Å². The average Bonchev–Trinajstić information content (AvgIpc) is 2.42. The fourth-order valence-corrected chi connectivity index (χ4v) is 1.60. The summed E-state index contributed by atoms with van der Waals surface area (Å²) >= 11 is 0.